The van der Waals surface area contributed by atoms with E-state index in [1.54, 1.807) is 0 Å². The summed E-state index contributed by atoms with van der Waals surface area (Å²) in [6, 6.07) is 3.24. The van der Waals surface area contributed by atoms with Gasteiger partial charge < -0.3 is 0 Å². The molecule has 0 aliphatic heterocycles. The maximum Gasteiger partial charge on any atom is 0.151 e. The molecule has 1 aromatic heterocycles. The Hall–Kier alpha value is -1.13. The Bertz CT molecular complexity index is 582. The second-order valence-corrected chi connectivity index (χ2v) is 4.34. The van der Waals surface area contributed by atoms with Gasteiger partial charge >= 0.3 is 0 Å². The predicted octanol–water partition coefficient (Wildman–Crippen LogP) is 4.11. The van der Waals surface area contributed by atoms with Gasteiger partial charge in [0.15, 0.2) is 5.82 Å². The number of aromatic nitrogens is 2. The molecule has 0 spiro atoms. The van der Waals surface area contributed by atoms with Crippen molar-refractivity contribution in [1.82, 2.24) is 9.78 Å². The van der Waals surface area contributed by atoms with E-state index in [0.29, 0.717) is 17.7 Å². The van der Waals surface area contributed by atoms with Crippen molar-refractivity contribution in [1.29, 1.82) is 0 Å². The summed E-state index contributed by atoms with van der Waals surface area (Å²) < 4.78 is 27.8. The summed E-state index contributed by atoms with van der Waals surface area (Å²) >= 11 is 11.9. The van der Waals surface area contributed by atoms with Gasteiger partial charge in [-0.3, -0.25) is 0 Å². The van der Waals surface area contributed by atoms with Gasteiger partial charge in [0.25, 0.3) is 0 Å². The van der Waals surface area contributed by atoms with Gasteiger partial charge in [0.1, 0.15) is 16.7 Å². The summed E-state index contributed by atoms with van der Waals surface area (Å²) in [6.45, 7) is 1.90. The number of benzene rings is 1. The molecule has 0 amide bonds. The van der Waals surface area contributed by atoms with Crippen LogP contribution in [0.3, 0.4) is 0 Å². The second kappa shape index (κ2) is 5.24. The SMILES string of the molecule is CCc1nn(-c2ccc(F)cc2F)c(Cl)c1CCl. The average molecular weight is 291 g/mol. The largest absolute Gasteiger partial charge is 0.219 e. The summed E-state index contributed by atoms with van der Waals surface area (Å²) in [6.07, 6.45) is 0.636. The zero-order valence-corrected chi connectivity index (χ0v) is 11.1. The molecule has 0 N–H and O–H groups in total. The Morgan fingerprint density at radius 2 is 2.06 bits per heavy atom. The first-order valence-electron chi connectivity index (χ1n) is 5.36. The van der Waals surface area contributed by atoms with Crippen LogP contribution in [0.2, 0.25) is 5.15 Å². The van der Waals surface area contributed by atoms with Gasteiger partial charge in [-0.2, -0.15) is 5.10 Å². The molecule has 0 saturated heterocycles. The predicted molar refractivity (Wildman–Crippen MR) is 67.4 cm³/mol. The highest BCUT2D eigenvalue weighted by atomic mass is 35.5. The van der Waals surface area contributed by atoms with Crippen LogP contribution in [0.1, 0.15) is 18.2 Å². The lowest BCUT2D eigenvalue weighted by Gasteiger charge is -2.04. The molecule has 0 atom stereocenters. The smallest absolute Gasteiger partial charge is 0.151 e. The molecule has 18 heavy (non-hydrogen) atoms. The van der Waals surface area contributed by atoms with E-state index in [9.17, 15) is 8.78 Å². The van der Waals surface area contributed by atoms with E-state index in [1.807, 2.05) is 6.92 Å². The van der Waals surface area contributed by atoms with E-state index in [-0.39, 0.29) is 16.7 Å². The van der Waals surface area contributed by atoms with E-state index < -0.39 is 11.6 Å². The summed E-state index contributed by atoms with van der Waals surface area (Å²) in [5.41, 5.74) is 1.48. The molecule has 0 aliphatic carbocycles. The van der Waals surface area contributed by atoms with Crippen LogP contribution >= 0.6 is 23.2 Å². The van der Waals surface area contributed by atoms with Crippen LogP contribution in [0.15, 0.2) is 18.2 Å². The maximum absolute atomic E-state index is 13.7. The third-order valence-corrected chi connectivity index (χ3v) is 3.27. The third-order valence-electron chi connectivity index (χ3n) is 2.61. The summed E-state index contributed by atoms with van der Waals surface area (Å²) in [5, 5.41) is 4.45. The quantitative estimate of drug-likeness (QED) is 0.778. The Morgan fingerprint density at radius 3 is 2.56 bits per heavy atom. The monoisotopic (exact) mass is 290 g/mol. The van der Waals surface area contributed by atoms with Crippen molar-refractivity contribution in [3.05, 3.63) is 46.2 Å². The van der Waals surface area contributed by atoms with Gasteiger partial charge in [0, 0.05) is 11.6 Å². The lowest BCUT2D eigenvalue weighted by Crippen LogP contribution is -2.01. The van der Waals surface area contributed by atoms with Crippen molar-refractivity contribution in [2.75, 3.05) is 0 Å². The fourth-order valence-corrected chi connectivity index (χ4v) is 2.35. The zero-order chi connectivity index (χ0) is 13.3. The lowest BCUT2D eigenvalue weighted by atomic mass is 10.2. The summed E-state index contributed by atoms with van der Waals surface area (Å²) in [4.78, 5) is 0. The fraction of sp³-hybridized carbons (Fsp3) is 0.250. The van der Waals surface area contributed by atoms with Crippen LogP contribution < -0.4 is 0 Å². The molecule has 0 aliphatic rings. The molecule has 0 radical (unpaired) electrons. The highest BCUT2D eigenvalue weighted by Crippen LogP contribution is 2.27. The highest BCUT2D eigenvalue weighted by Gasteiger charge is 2.17. The van der Waals surface area contributed by atoms with Crippen molar-refractivity contribution >= 4 is 23.2 Å². The van der Waals surface area contributed by atoms with Crippen LogP contribution in [0.25, 0.3) is 5.69 Å². The van der Waals surface area contributed by atoms with E-state index in [2.05, 4.69) is 5.10 Å². The molecule has 2 aromatic rings. The van der Waals surface area contributed by atoms with Gasteiger partial charge in [-0.25, -0.2) is 13.5 Å². The summed E-state index contributed by atoms with van der Waals surface area (Å²) in [7, 11) is 0. The molecule has 1 aromatic carbocycles. The first-order chi connectivity index (χ1) is 8.58. The van der Waals surface area contributed by atoms with E-state index in [0.717, 1.165) is 12.1 Å². The molecule has 2 rings (SSSR count). The molecule has 6 heteroatoms. The first kappa shape index (κ1) is 13.3. The van der Waals surface area contributed by atoms with E-state index >= 15 is 0 Å². The van der Waals surface area contributed by atoms with E-state index in [1.165, 1.54) is 10.7 Å². The fourth-order valence-electron chi connectivity index (χ4n) is 1.70. The topological polar surface area (TPSA) is 17.8 Å². The van der Waals surface area contributed by atoms with Gasteiger partial charge in [0.05, 0.1) is 11.6 Å². The van der Waals surface area contributed by atoms with Crippen molar-refractivity contribution in [2.24, 2.45) is 0 Å². The Kier molecular flexibility index (Phi) is 3.88. The first-order valence-corrected chi connectivity index (χ1v) is 6.27. The average Bonchev–Trinajstić information content (AvgIpc) is 2.66. The van der Waals surface area contributed by atoms with Crippen molar-refractivity contribution in [3.8, 4) is 5.69 Å². The Labute approximate surface area is 113 Å². The molecular weight excluding hydrogens is 281 g/mol. The van der Waals surface area contributed by atoms with Crippen LogP contribution in [-0.2, 0) is 12.3 Å². The van der Waals surface area contributed by atoms with E-state index in [4.69, 9.17) is 23.2 Å². The number of nitrogens with zero attached hydrogens (tertiary/aromatic N) is 2. The minimum absolute atomic E-state index is 0.104. The summed E-state index contributed by atoms with van der Waals surface area (Å²) in [5.74, 6) is -1.17. The van der Waals surface area contributed by atoms with Crippen molar-refractivity contribution in [2.45, 2.75) is 19.2 Å². The molecule has 0 bridgehead atoms. The van der Waals surface area contributed by atoms with Crippen molar-refractivity contribution in [3.63, 3.8) is 0 Å². The Morgan fingerprint density at radius 1 is 1.33 bits per heavy atom. The molecule has 0 fully saturated rings. The standard InChI is InChI=1S/C12H10Cl2F2N2/c1-2-10-8(6-13)12(14)18(17-10)11-4-3-7(15)5-9(11)16/h3-5H,2,6H2,1H3. The van der Waals surface area contributed by atoms with Gasteiger partial charge in [-0.1, -0.05) is 18.5 Å². The highest BCUT2D eigenvalue weighted by molar-refractivity contribution is 6.31. The van der Waals surface area contributed by atoms with Crippen LogP contribution in [0.4, 0.5) is 8.78 Å². The number of alkyl halides is 1. The second-order valence-electron chi connectivity index (χ2n) is 3.71. The van der Waals surface area contributed by atoms with Gasteiger partial charge in [0.2, 0.25) is 0 Å². The number of hydrogen-bond acceptors (Lipinski definition) is 1. The normalized spacial score (nSPS) is 10.9. The number of halogens is 4. The van der Waals surface area contributed by atoms with Gasteiger partial charge in [-0.15, -0.1) is 11.6 Å². The molecule has 0 saturated carbocycles. The number of rotatable bonds is 3. The van der Waals surface area contributed by atoms with Gasteiger partial charge in [-0.05, 0) is 18.6 Å². The molecule has 2 nitrogen and oxygen atoms in total. The number of aryl methyl sites for hydroxylation is 1. The van der Waals surface area contributed by atoms with Crippen LogP contribution in [0.5, 0.6) is 0 Å². The van der Waals surface area contributed by atoms with Crippen LogP contribution in [-0.4, -0.2) is 9.78 Å². The number of hydrogen-bond donors (Lipinski definition) is 0. The third kappa shape index (κ3) is 2.22. The maximum atomic E-state index is 13.7. The van der Waals surface area contributed by atoms with Crippen molar-refractivity contribution < 1.29 is 8.78 Å². The minimum atomic E-state index is -0.719. The van der Waals surface area contributed by atoms with Crippen LogP contribution in [0, 0.1) is 11.6 Å². The lowest BCUT2D eigenvalue weighted by molar-refractivity contribution is 0.573. The minimum Gasteiger partial charge on any atom is -0.219 e. The molecular formula is C12H10Cl2F2N2. The Balaban J connectivity index is 2.60. The zero-order valence-electron chi connectivity index (χ0n) is 9.55. The molecule has 1 heterocycles. The molecule has 0 unspecified atom stereocenters. The molecule has 96 valence electrons.